The Morgan fingerprint density at radius 2 is 1.52 bits per heavy atom. The van der Waals surface area contributed by atoms with E-state index in [0.29, 0.717) is 0 Å². The first-order valence-corrected chi connectivity index (χ1v) is 8.12. The highest BCUT2D eigenvalue weighted by atomic mass is 14.2. The third kappa shape index (κ3) is 1.78. The first-order valence-electron chi connectivity index (χ1n) is 8.12. The van der Waals surface area contributed by atoms with Crippen molar-refractivity contribution in [3.05, 3.63) is 88.3 Å². The zero-order chi connectivity index (χ0) is 15.2. The Morgan fingerprint density at radius 1 is 0.652 bits per heavy atom. The highest BCUT2D eigenvalue weighted by Crippen LogP contribution is 2.26. The summed E-state index contributed by atoms with van der Waals surface area (Å²) in [7, 11) is 0. The van der Waals surface area contributed by atoms with Crippen molar-refractivity contribution >= 4 is 39.8 Å². The van der Waals surface area contributed by atoms with E-state index >= 15 is 0 Å². The normalized spacial score (nSPS) is 15.0. The van der Waals surface area contributed by atoms with Gasteiger partial charge < -0.3 is 0 Å². The molecule has 23 heavy (non-hydrogen) atoms. The molecule has 5 rings (SSSR count). The molecule has 0 aliphatic heterocycles. The van der Waals surface area contributed by atoms with Crippen molar-refractivity contribution in [3.8, 4) is 0 Å². The van der Waals surface area contributed by atoms with Gasteiger partial charge in [-0.05, 0) is 49.5 Å². The van der Waals surface area contributed by atoms with Crippen molar-refractivity contribution < 1.29 is 0 Å². The van der Waals surface area contributed by atoms with E-state index in [4.69, 9.17) is 0 Å². The predicted octanol–water partition coefficient (Wildman–Crippen LogP) is 4.25. The number of rotatable bonds is 0. The largest absolute Gasteiger partial charge is 0.0801 e. The van der Waals surface area contributed by atoms with Crippen LogP contribution in [-0.4, -0.2) is 0 Å². The van der Waals surface area contributed by atoms with E-state index < -0.39 is 0 Å². The van der Waals surface area contributed by atoms with E-state index in [1.807, 2.05) is 0 Å². The third-order valence-corrected chi connectivity index (χ3v) is 4.90. The maximum Gasteiger partial charge on any atom is -0.00577 e. The van der Waals surface area contributed by atoms with Gasteiger partial charge in [-0.15, -0.1) is 0 Å². The maximum atomic E-state index is 2.29. The Labute approximate surface area is 135 Å². The minimum atomic E-state index is 1.00. The number of allylic oxidation sites excluding steroid dienone is 5. The Hall–Kier alpha value is -2.86. The molecule has 0 amide bonds. The summed E-state index contributed by atoms with van der Waals surface area (Å²) < 4.78 is 0. The molecule has 0 bridgehead atoms. The highest BCUT2D eigenvalue weighted by Gasteiger charge is 2.12. The molecular formula is C23H16. The lowest BCUT2D eigenvalue weighted by Crippen LogP contribution is -2.19. The van der Waals surface area contributed by atoms with Crippen molar-refractivity contribution in [2.24, 2.45) is 0 Å². The Balaban J connectivity index is 2.15. The average molecular weight is 292 g/mol. The minimum absolute atomic E-state index is 1.00. The summed E-state index contributed by atoms with van der Waals surface area (Å²) in [5, 5.41) is 8.21. The van der Waals surface area contributed by atoms with E-state index in [1.165, 1.54) is 43.1 Å². The summed E-state index contributed by atoms with van der Waals surface area (Å²) >= 11 is 0. The highest BCUT2D eigenvalue weighted by molar-refractivity contribution is 6.10. The molecule has 0 radical (unpaired) electrons. The molecule has 0 unspecified atom stereocenters. The summed E-state index contributed by atoms with van der Waals surface area (Å²) in [6, 6.07) is 13.3. The second kappa shape index (κ2) is 4.82. The molecule has 2 aliphatic carbocycles. The quantitative estimate of drug-likeness (QED) is 0.543. The molecule has 2 aliphatic rings. The molecule has 0 heteroatoms. The molecule has 3 aromatic rings. The van der Waals surface area contributed by atoms with Gasteiger partial charge in [-0.1, -0.05) is 85.0 Å². The van der Waals surface area contributed by atoms with Crippen LogP contribution in [0.1, 0.15) is 11.1 Å². The molecule has 0 heterocycles. The van der Waals surface area contributed by atoms with Gasteiger partial charge in [-0.3, -0.25) is 0 Å². The first kappa shape index (κ1) is 12.7. The fourth-order valence-corrected chi connectivity index (χ4v) is 3.89. The molecule has 0 nitrogen and oxygen atoms in total. The number of hydrogen-bond donors (Lipinski definition) is 0. The zero-order valence-corrected chi connectivity index (χ0v) is 12.8. The number of fused-ring (bicyclic) bond motifs is 8. The van der Waals surface area contributed by atoms with Crippen LogP contribution in [0, 0.1) is 0 Å². The lowest BCUT2D eigenvalue weighted by molar-refractivity contribution is 1.26. The van der Waals surface area contributed by atoms with Gasteiger partial charge in [0.25, 0.3) is 0 Å². The van der Waals surface area contributed by atoms with E-state index in [9.17, 15) is 0 Å². The number of hydrogen-bond acceptors (Lipinski definition) is 0. The topological polar surface area (TPSA) is 0 Å². The van der Waals surface area contributed by atoms with Crippen LogP contribution in [0.25, 0.3) is 39.8 Å². The van der Waals surface area contributed by atoms with Crippen LogP contribution in [0.4, 0.5) is 0 Å². The van der Waals surface area contributed by atoms with Gasteiger partial charge in [0.05, 0.1) is 0 Å². The molecule has 0 aromatic heterocycles. The summed E-state index contributed by atoms with van der Waals surface area (Å²) in [6.07, 6.45) is 18.5. The fraction of sp³-hybridized carbons (Fsp3) is 0.0435. The molecule has 0 N–H and O–H groups in total. The van der Waals surface area contributed by atoms with Crippen LogP contribution >= 0.6 is 0 Å². The van der Waals surface area contributed by atoms with Crippen molar-refractivity contribution in [1.82, 2.24) is 0 Å². The van der Waals surface area contributed by atoms with Crippen LogP contribution in [0.5, 0.6) is 0 Å². The van der Waals surface area contributed by atoms with Crippen molar-refractivity contribution in [2.45, 2.75) is 6.42 Å². The zero-order valence-electron chi connectivity index (χ0n) is 12.8. The molecule has 0 saturated carbocycles. The first-order chi connectivity index (χ1) is 11.4. The van der Waals surface area contributed by atoms with Crippen molar-refractivity contribution in [3.63, 3.8) is 0 Å². The van der Waals surface area contributed by atoms with E-state index in [2.05, 4.69) is 85.0 Å². The number of benzene rings is 3. The van der Waals surface area contributed by atoms with Gasteiger partial charge in [0.15, 0.2) is 0 Å². The summed E-state index contributed by atoms with van der Waals surface area (Å²) in [6.45, 7) is 0. The lowest BCUT2D eigenvalue weighted by atomic mass is 9.88. The van der Waals surface area contributed by atoms with Crippen molar-refractivity contribution in [1.29, 1.82) is 0 Å². The van der Waals surface area contributed by atoms with E-state index in [0.717, 1.165) is 6.42 Å². The Kier molecular flexibility index (Phi) is 2.65. The van der Waals surface area contributed by atoms with Crippen molar-refractivity contribution in [2.75, 3.05) is 0 Å². The predicted molar refractivity (Wildman–Crippen MR) is 101 cm³/mol. The Bertz CT molecular complexity index is 1170. The molecule has 0 fully saturated rings. The maximum absolute atomic E-state index is 2.29. The standard InChI is InChI=1S/C23H16/c1-2-8-16-14-15-22-20-12-5-4-10-18(20)19-11-6-7-13-21(19)23(22)17(16)9-3-1/h1-12,14-15H,13H2. The smallest absolute Gasteiger partial charge is 0.00577 e. The molecule has 108 valence electrons. The molecular weight excluding hydrogens is 276 g/mol. The van der Waals surface area contributed by atoms with Gasteiger partial charge in [-0.2, -0.15) is 0 Å². The fourth-order valence-electron chi connectivity index (χ4n) is 3.89. The molecule has 0 saturated heterocycles. The second-order valence-corrected chi connectivity index (χ2v) is 6.14. The monoisotopic (exact) mass is 292 g/mol. The van der Waals surface area contributed by atoms with E-state index in [-0.39, 0.29) is 0 Å². The van der Waals surface area contributed by atoms with Crippen LogP contribution in [-0.2, 0) is 6.42 Å². The SMILES string of the molecule is C1=CC=c2c(ccc3c2c2c(c4ccccc43)=CC=CC2)C=C1. The lowest BCUT2D eigenvalue weighted by Gasteiger charge is -2.15. The van der Waals surface area contributed by atoms with Gasteiger partial charge in [-0.25, -0.2) is 0 Å². The Morgan fingerprint density at radius 3 is 2.48 bits per heavy atom. The van der Waals surface area contributed by atoms with Crippen LogP contribution in [0.3, 0.4) is 0 Å². The molecule has 0 spiro atoms. The van der Waals surface area contributed by atoms with Gasteiger partial charge in [0.2, 0.25) is 0 Å². The van der Waals surface area contributed by atoms with E-state index in [1.54, 1.807) is 0 Å². The van der Waals surface area contributed by atoms with Gasteiger partial charge in [0.1, 0.15) is 0 Å². The molecule has 0 atom stereocenters. The average Bonchev–Trinajstić information content (AvgIpc) is 2.87. The van der Waals surface area contributed by atoms with Gasteiger partial charge in [0, 0.05) is 0 Å². The minimum Gasteiger partial charge on any atom is -0.0801 e. The van der Waals surface area contributed by atoms with Crippen LogP contribution in [0.2, 0.25) is 0 Å². The van der Waals surface area contributed by atoms with Gasteiger partial charge >= 0.3 is 0 Å². The van der Waals surface area contributed by atoms with Crippen LogP contribution in [0.15, 0.2) is 66.8 Å². The summed E-state index contributed by atoms with van der Waals surface area (Å²) in [5.74, 6) is 0. The summed E-state index contributed by atoms with van der Waals surface area (Å²) in [5.41, 5.74) is 2.76. The van der Waals surface area contributed by atoms with Crippen LogP contribution < -0.4 is 10.4 Å². The summed E-state index contributed by atoms with van der Waals surface area (Å²) in [4.78, 5) is 0. The third-order valence-electron chi connectivity index (χ3n) is 4.90. The molecule has 3 aromatic carbocycles. The second-order valence-electron chi connectivity index (χ2n) is 6.14.